The number of carbonyl (C=O) groups is 1. The number of alkyl halides is 2. The van der Waals surface area contributed by atoms with Gasteiger partial charge >= 0.3 is 5.92 Å². The number of aryl methyl sites for hydroxylation is 4. The van der Waals surface area contributed by atoms with Crippen molar-refractivity contribution in [2.24, 2.45) is 5.73 Å². The van der Waals surface area contributed by atoms with Crippen LogP contribution in [0.2, 0.25) is 5.02 Å². The van der Waals surface area contributed by atoms with E-state index in [0.29, 0.717) is 6.10 Å². The highest BCUT2D eigenvalue weighted by atomic mass is 35.5. The average molecular weight is 533 g/mol. The minimum absolute atomic E-state index is 0.184. The van der Waals surface area contributed by atoms with Crippen molar-refractivity contribution in [3.05, 3.63) is 63.7 Å². The fraction of sp³-hybridized carbons (Fsp3) is 0.567. The fourth-order valence-electron chi connectivity index (χ4n) is 5.04. The van der Waals surface area contributed by atoms with Crippen LogP contribution in [0.3, 0.4) is 0 Å². The molecule has 202 valence electrons. The molecule has 0 radical (unpaired) electrons. The van der Waals surface area contributed by atoms with Crippen molar-refractivity contribution >= 4 is 17.5 Å². The lowest BCUT2D eigenvalue weighted by molar-refractivity contribution is -0.142. The summed E-state index contributed by atoms with van der Waals surface area (Å²) in [6.07, 6.45) is 12.0. The van der Waals surface area contributed by atoms with Crippen molar-refractivity contribution in [2.75, 3.05) is 19.6 Å². The summed E-state index contributed by atoms with van der Waals surface area (Å²) < 4.78 is 31.9. The molecule has 5 rings (SSSR count). The third kappa shape index (κ3) is 8.68. The predicted molar refractivity (Wildman–Crippen MR) is 145 cm³/mol. The summed E-state index contributed by atoms with van der Waals surface area (Å²) in [5.41, 5.74) is 9.43. The first-order valence-electron chi connectivity index (χ1n) is 13.8. The second-order valence-corrected chi connectivity index (χ2v) is 11.0. The van der Waals surface area contributed by atoms with E-state index in [1.807, 2.05) is 24.3 Å². The van der Waals surface area contributed by atoms with Crippen LogP contribution in [0.4, 0.5) is 8.78 Å². The highest BCUT2D eigenvalue weighted by molar-refractivity contribution is 6.32. The molecule has 37 heavy (non-hydrogen) atoms. The van der Waals surface area contributed by atoms with Crippen LogP contribution in [0.1, 0.15) is 73.6 Å². The van der Waals surface area contributed by atoms with Crippen molar-refractivity contribution in [3.63, 3.8) is 0 Å². The molecule has 2 aliphatic carbocycles. The smallest absolute Gasteiger partial charge is 0.324 e. The van der Waals surface area contributed by atoms with Crippen molar-refractivity contribution in [1.82, 2.24) is 4.90 Å². The number of carbonyl (C=O) groups excluding carboxylic acids is 1. The number of hydrogen-bond acceptors (Lipinski definition) is 3. The Hall–Kier alpha value is -2.18. The summed E-state index contributed by atoms with van der Waals surface area (Å²) in [6, 6.07) is 12.2. The first kappa shape index (κ1) is 27.8. The molecule has 1 amide bonds. The van der Waals surface area contributed by atoms with E-state index < -0.39 is 18.3 Å². The Morgan fingerprint density at radius 1 is 0.973 bits per heavy atom. The van der Waals surface area contributed by atoms with E-state index in [1.54, 1.807) is 0 Å². The maximum absolute atomic E-state index is 13.1. The van der Waals surface area contributed by atoms with Gasteiger partial charge in [-0.15, -0.1) is 0 Å². The van der Waals surface area contributed by atoms with Gasteiger partial charge in [-0.2, -0.15) is 8.78 Å². The van der Waals surface area contributed by atoms with Gasteiger partial charge in [-0.05, 0) is 125 Å². The van der Waals surface area contributed by atoms with Gasteiger partial charge in [-0.25, -0.2) is 0 Å². The number of benzene rings is 2. The van der Waals surface area contributed by atoms with Crippen LogP contribution < -0.4 is 10.5 Å². The lowest BCUT2D eigenvalue weighted by atomic mass is 9.89. The Morgan fingerprint density at radius 3 is 2.32 bits per heavy atom. The minimum Gasteiger partial charge on any atom is -0.489 e. The van der Waals surface area contributed by atoms with E-state index in [0.717, 1.165) is 42.0 Å². The van der Waals surface area contributed by atoms with E-state index in [-0.39, 0.29) is 6.42 Å². The van der Waals surface area contributed by atoms with Gasteiger partial charge in [-0.1, -0.05) is 35.9 Å². The molecule has 2 fully saturated rings. The molecule has 1 heterocycles. The Labute approximate surface area is 224 Å². The first-order valence-corrected chi connectivity index (χ1v) is 14.1. The van der Waals surface area contributed by atoms with Crippen LogP contribution in [-0.2, 0) is 30.5 Å². The molecular weight excluding hydrogens is 494 g/mol. The molecule has 2 aromatic carbocycles. The van der Waals surface area contributed by atoms with Crippen LogP contribution in [0.15, 0.2) is 36.4 Å². The minimum atomic E-state index is -3.41. The molecule has 0 aromatic heterocycles. The van der Waals surface area contributed by atoms with Crippen LogP contribution in [0.25, 0.3) is 0 Å². The first-order chi connectivity index (χ1) is 17.8. The van der Waals surface area contributed by atoms with Crippen LogP contribution >= 0.6 is 11.6 Å². The number of likely N-dealkylation sites (tertiary alicyclic amines) is 1. The summed E-state index contributed by atoms with van der Waals surface area (Å²) in [6.45, 7) is 3.79. The average Bonchev–Trinajstić information content (AvgIpc) is 3.56. The molecular formula is C30H39ClF2N2O2. The van der Waals surface area contributed by atoms with Crippen molar-refractivity contribution < 1.29 is 18.3 Å². The number of halogens is 3. The van der Waals surface area contributed by atoms with Gasteiger partial charge in [0.1, 0.15) is 5.75 Å². The molecule has 1 aliphatic heterocycles. The summed E-state index contributed by atoms with van der Waals surface area (Å²) in [7, 11) is 0. The van der Waals surface area contributed by atoms with Crippen LogP contribution in [0.5, 0.6) is 5.75 Å². The number of hydrogen-bond donors (Lipinski definition) is 1. The van der Waals surface area contributed by atoms with Crippen molar-refractivity contribution in [1.29, 1.82) is 0 Å². The fourth-order valence-corrected chi connectivity index (χ4v) is 5.29. The highest BCUT2D eigenvalue weighted by Crippen LogP contribution is 2.32. The summed E-state index contributed by atoms with van der Waals surface area (Å²) in [5, 5.41) is 0.769. The normalized spacial score (nSPS) is 17.6. The third-order valence-electron chi connectivity index (χ3n) is 7.45. The molecule has 4 nitrogen and oxygen atoms in total. The Morgan fingerprint density at radius 2 is 1.65 bits per heavy atom. The van der Waals surface area contributed by atoms with Gasteiger partial charge in [0, 0.05) is 6.42 Å². The second-order valence-electron chi connectivity index (χ2n) is 10.6. The summed E-state index contributed by atoms with van der Waals surface area (Å²) in [4.78, 5) is 13.1. The lowest BCUT2D eigenvalue weighted by Crippen LogP contribution is -2.35. The molecule has 2 aromatic rings. The maximum Gasteiger partial charge on any atom is 0.324 e. The molecule has 0 bridgehead atoms. The van der Waals surface area contributed by atoms with E-state index in [4.69, 9.17) is 16.3 Å². The van der Waals surface area contributed by atoms with Gasteiger partial charge in [0.05, 0.1) is 11.1 Å². The zero-order valence-corrected chi connectivity index (χ0v) is 22.4. The largest absolute Gasteiger partial charge is 0.489 e. The quantitative estimate of drug-likeness (QED) is 0.378. The van der Waals surface area contributed by atoms with Crippen molar-refractivity contribution in [2.45, 2.75) is 89.1 Å². The van der Waals surface area contributed by atoms with Gasteiger partial charge < -0.3 is 15.4 Å². The Balaban J connectivity index is 0.000000173. The Kier molecular flexibility index (Phi) is 9.83. The maximum atomic E-state index is 13.1. The third-order valence-corrected chi connectivity index (χ3v) is 7.75. The topological polar surface area (TPSA) is 55.6 Å². The number of nitrogens with zero attached hydrogens (tertiary/aromatic N) is 1. The number of rotatable bonds is 10. The predicted octanol–water partition coefficient (Wildman–Crippen LogP) is 6.53. The van der Waals surface area contributed by atoms with Gasteiger partial charge in [0.25, 0.3) is 5.91 Å². The highest BCUT2D eigenvalue weighted by Gasteiger charge is 2.35. The molecule has 1 saturated heterocycles. The zero-order valence-electron chi connectivity index (χ0n) is 21.6. The van der Waals surface area contributed by atoms with E-state index in [9.17, 15) is 13.6 Å². The zero-order chi connectivity index (χ0) is 26.3. The Bertz CT molecular complexity index is 1050. The number of ether oxygens (including phenoxy) is 1. The molecule has 7 heteroatoms. The van der Waals surface area contributed by atoms with Crippen LogP contribution in [-0.4, -0.2) is 42.5 Å². The molecule has 0 unspecified atom stereocenters. The van der Waals surface area contributed by atoms with E-state index in [1.165, 1.54) is 74.8 Å². The number of amides is 1. The SMILES string of the molecule is Clc1cc(CCCN2CCCC2)ccc1OC1CC1.NC(=O)C(F)(F)CCc1ccc2c(c1)CCCC2. The van der Waals surface area contributed by atoms with Gasteiger partial charge in [0.2, 0.25) is 0 Å². The van der Waals surface area contributed by atoms with Gasteiger partial charge in [0.15, 0.2) is 0 Å². The standard InChI is InChI=1S/C16H22ClNO.C14H17F2NO/c17-15-12-13(4-3-11-18-9-1-2-10-18)5-8-16(15)19-14-6-7-14;15-14(16,13(17)18)8-7-10-5-6-11-3-1-2-4-12(11)9-10/h5,8,12,14H,1-4,6-7,9-11H2;5-6,9H,1-4,7-8H2,(H2,17,18). The summed E-state index contributed by atoms with van der Waals surface area (Å²) in [5.74, 6) is -4.09. The van der Waals surface area contributed by atoms with Crippen LogP contribution in [0, 0.1) is 0 Å². The molecule has 1 saturated carbocycles. The van der Waals surface area contributed by atoms with Gasteiger partial charge in [-0.3, -0.25) is 4.79 Å². The molecule has 3 aliphatic rings. The van der Waals surface area contributed by atoms with E-state index >= 15 is 0 Å². The molecule has 0 spiro atoms. The van der Waals surface area contributed by atoms with E-state index in [2.05, 4.69) is 22.8 Å². The number of primary amides is 1. The number of nitrogens with two attached hydrogens (primary N) is 1. The monoisotopic (exact) mass is 532 g/mol. The summed E-state index contributed by atoms with van der Waals surface area (Å²) >= 11 is 6.27. The second kappa shape index (κ2) is 13.1. The number of fused-ring (bicyclic) bond motifs is 1. The van der Waals surface area contributed by atoms with Crippen molar-refractivity contribution in [3.8, 4) is 5.75 Å². The molecule has 0 atom stereocenters. The molecule has 2 N–H and O–H groups in total. The lowest BCUT2D eigenvalue weighted by Gasteiger charge is -2.17.